The number of nitrogens with zero attached hydrogens (tertiary/aromatic N) is 1. The minimum atomic E-state index is -0.811. The van der Waals surface area contributed by atoms with E-state index in [0.717, 1.165) is 17.2 Å². The Hall–Kier alpha value is -4.52. The van der Waals surface area contributed by atoms with Crippen molar-refractivity contribution in [3.05, 3.63) is 110 Å². The minimum Gasteiger partial charge on any atom is -0.452 e. The van der Waals surface area contributed by atoms with E-state index < -0.39 is 16.3 Å². The second kappa shape index (κ2) is 8.92. The van der Waals surface area contributed by atoms with Crippen LogP contribution < -0.4 is 10.2 Å². The van der Waals surface area contributed by atoms with E-state index in [2.05, 4.69) is 0 Å². The molecule has 0 aliphatic carbocycles. The van der Waals surface area contributed by atoms with Crippen LogP contribution >= 0.6 is 0 Å². The highest BCUT2D eigenvalue weighted by Crippen LogP contribution is 2.31. The predicted octanol–water partition coefficient (Wildman–Crippen LogP) is 5.60. The number of esters is 1. The third-order valence-corrected chi connectivity index (χ3v) is 5.01. The molecule has 4 rings (SSSR count). The van der Waals surface area contributed by atoms with Crippen molar-refractivity contribution in [2.45, 2.75) is 13.8 Å². The van der Waals surface area contributed by atoms with Gasteiger partial charge < -0.3 is 9.15 Å². The summed E-state index contributed by atoms with van der Waals surface area (Å²) in [6.07, 6.45) is 2.49. The summed E-state index contributed by atoms with van der Waals surface area (Å²) >= 11 is 0. The molecule has 0 bridgehead atoms. The number of carbonyl (C=O) groups is 1. The number of hydrogen-bond acceptors (Lipinski definition) is 6. The largest absolute Gasteiger partial charge is 0.452 e. The molecular weight excluding hydrogens is 422 g/mol. The first-order valence-electron chi connectivity index (χ1n) is 10.1. The number of carbonyl (C=O) groups excluding carboxylic acids is 1. The van der Waals surface area contributed by atoms with Crippen molar-refractivity contribution in [3.63, 3.8) is 0 Å². The fourth-order valence-corrected chi connectivity index (χ4v) is 3.32. The van der Waals surface area contributed by atoms with Gasteiger partial charge in [-0.2, -0.15) is 0 Å². The number of nitro groups is 1. The number of non-ortho nitro benzene ring substituents is 1. The van der Waals surface area contributed by atoms with Crippen molar-refractivity contribution in [1.29, 1.82) is 0 Å². The zero-order valence-electron chi connectivity index (χ0n) is 17.9. The van der Waals surface area contributed by atoms with Crippen LogP contribution in [0.5, 0.6) is 5.75 Å². The van der Waals surface area contributed by atoms with Gasteiger partial charge in [-0.15, -0.1) is 0 Å². The number of rotatable bonds is 5. The van der Waals surface area contributed by atoms with Crippen molar-refractivity contribution < 1.29 is 18.9 Å². The summed E-state index contributed by atoms with van der Waals surface area (Å²) in [6.45, 7) is 3.78. The quantitative estimate of drug-likeness (QED) is 0.173. The Balaban J connectivity index is 1.74. The van der Waals surface area contributed by atoms with Gasteiger partial charge in [-0.1, -0.05) is 53.6 Å². The molecule has 33 heavy (non-hydrogen) atoms. The lowest BCUT2D eigenvalue weighted by atomic mass is 10.1. The second-order valence-corrected chi connectivity index (χ2v) is 7.56. The van der Waals surface area contributed by atoms with Gasteiger partial charge in [-0.3, -0.25) is 14.9 Å². The summed E-state index contributed by atoms with van der Waals surface area (Å²) in [5.41, 5.74) is 2.74. The van der Waals surface area contributed by atoms with Crippen LogP contribution in [0.1, 0.15) is 16.7 Å². The zero-order chi connectivity index (χ0) is 23.5. The van der Waals surface area contributed by atoms with Gasteiger partial charge in [0.05, 0.1) is 10.3 Å². The number of benzene rings is 3. The fourth-order valence-electron chi connectivity index (χ4n) is 3.32. The van der Waals surface area contributed by atoms with Crippen molar-refractivity contribution in [1.82, 2.24) is 0 Å². The average Bonchev–Trinajstić information content (AvgIpc) is 2.80. The molecule has 0 N–H and O–H groups in total. The van der Waals surface area contributed by atoms with Gasteiger partial charge in [0.15, 0.2) is 5.76 Å². The number of nitro benzene ring substituents is 1. The molecule has 164 valence electrons. The first-order chi connectivity index (χ1) is 15.8. The van der Waals surface area contributed by atoms with Crippen molar-refractivity contribution in [3.8, 4) is 17.1 Å². The molecule has 0 saturated heterocycles. The SMILES string of the molecule is Cc1ccc(-c2oc3ccc(C)cc3c(=O)c2OC(=O)C=Cc2cccc([N+](=O)[O-])c2)cc1. The molecule has 7 heteroatoms. The van der Waals surface area contributed by atoms with Crippen LogP contribution in [0.4, 0.5) is 5.69 Å². The lowest BCUT2D eigenvalue weighted by Gasteiger charge is -2.10. The first kappa shape index (κ1) is 21.7. The van der Waals surface area contributed by atoms with Crippen molar-refractivity contribution in [2.75, 3.05) is 0 Å². The molecule has 0 aliphatic rings. The smallest absolute Gasteiger partial charge is 0.336 e. The molecule has 0 atom stereocenters. The van der Waals surface area contributed by atoms with E-state index in [-0.39, 0.29) is 17.2 Å². The van der Waals surface area contributed by atoms with E-state index >= 15 is 0 Å². The number of aryl methyl sites for hydroxylation is 2. The maximum Gasteiger partial charge on any atom is 0.336 e. The average molecular weight is 441 g/mol. The lowest BCUT2D eigenvalue weighted by Crippen LogP contribution is -2.14. The molecule has 1 aromatic heterocycles. The van der Waals surface area contributed by atoms with Crippen LogP contribution in [0.25, 0.3) is 28.4 Å². The lowest BCUT2D eigenvalue weighted by molar-refractivity contribution is -0.384. The van der Waals surface area contributed by atoms with Gasteiger partial charge in [-0.25, -0.2) is 4.79 Å². The Morgan fingerprint density at radius 3 is 2.45 bits per heavy atom. The molecule has 0 saturated carbocycles. The third kappa shape index (κ3) is 4.72. The highest BCUT2D eigenvalue weighted by molar-refractivity contribution is 5.91. The van der Waals surface area contributed by atoms with Crippen LogP contribution in [0.15, 0.2) is 82.0 Å². The Kier molecular flexibility index (Phi) is 5.87. The molecule has 0 aliphatic heterocycles. The summed E-state index contributed by atoms with van der Waals surface area (Å²) in [7, 11) is 0. The van der Waals surface area contributed by atoms with Crippen LogP contribution in [-0.4, -0.2) is 10.9 Å². The Labute approximate surface area is 188 Å². The maximum atomic E-state index is 13.2. The van der Waals surface area contributed by atoms with E-state index in [1.807, 2.05) is 32.0 Å². The molecule has 0 fully saturated rings. The molecule has 0 unspecified atom stereocenters. The summed E-state index contributed by atoms with van der Waals surface area (Å²) in [5.74, 6) is -0.881. The molecule has 4 aromatic rings. The van der Waals surface area contributed by atoms with E-state index in [1.54, 1.807) is 30.3 Å². The van der Waals surface area contributed by atoms with Gasteiger partial charge in [0.25, 0.3) is 5.69 Å². The normalized spacial score (nSPS) is 11.1. The molecule has 0 radical (unpaired) electrons. The number of fused-ring (bicyclic) bond motifs is 1. The molecular formula is C26H19NO6. The summed E-state index contributed by atoms with van der Waals surface area (Å²) < 4.78 is 11.4. The molecule has 3 aromatic carbocycles. The second-order valence-electron chi connectivity index (χ2n) is 7.56. The van der Waals surface area contributed by atoms with Gasteiger partial charge in [0.1, 0.15) is 5.58 Å². The molecule has 0 amide bonds. The molecule has 0 spiro atoms. The zero-order valence-corrected chi connectivity index (χ0v) is 17.9. The maximum absolute atomic E-state index is 13.2. The van der Waals surface area contributed by atoms with Crippen molar-refractivity contribution >= 4 is 28.7 Å². The molecule has 1 heterocycles. The van der Waals surface area contributed by atoms with Crippen LogP contribution in [0.3, 0.4) is 0 Å². The fraction of sp³-hybridized carbons (Fsp3) is 0.0769. The number of hydrogen-bond donors (Lipinski definition) is 0. The van der Waals surface area contributed by atoms with Crippen LogP contribution in [-0.2, 0) is 4.79 Å². The highest BCUT2D eigenvalue weighted by Gasteiger charge is 2.20. The Morgan fingerprint density at radius 2 is 1.73 bits per heavy atom. The highest BCUT2D eigenvalue weighted by atomic mass is 16.6. The standard InChI is InChI=1S/C26H19NO6/c1-16-6-10-19(11-7-16)25-26(24(29)21-14-17(2)8-12-22(21)32-25)33-23(28)13-9-18-4-3-5-20(15-18)27(30)31/h3-15H,1-2H3. The van der Waals surface area contributed by atoms with E-state index in [0.29, 0.717) is 22.1 Å². The monoisotopic (exact) mass is 441 g/mol. The predicted molar refractivity (Wildman–Crippen MR) is 125 cm³/mol. The van der Waals surface area contributed by atoms with Crippen LogP contribution in [0.2, 0.25) is 0 Å². The topological polar surface area (TPSA) is 99.7 Å². The van der Waals surface area contributed by atoms with E-state index in [9.17, 15) is 19.7 Å². The Morgan fingerprint density at radius 1 is 1.00 bits per heavy atom. The summed E-state index contributed by atoms with van der Waals surface area (Å²) in [5, 5.41) is 11.2. The van der Waals surface area contributed by atoms with Gasteiger partial charge in [-0.05, 0) is 37.6 Å². The van der Waals surface area contributed by atoms with E-state index in [1.165, 1.54) is 24.3 Å². The summed E-state index contributed by atoms with van der Waals surface area (Å²) in [4.78, 5) is 36.2. The Bertz CT molecular complexity index is 1460. The minimum absolute atomic E-state index is 0.0993. The van der Waals surface area contributed by atoms with Gasteiger partial charge in [0, 0.05) is 23.8 Å². The third-order valence-electron chi connectivity index (χ3n) is 5.01. The summed E-state index contributed by atoms with van der Waals surface area (Å²) in [6, 6.07) is 18.3. The van der Waals surface area contributed by atoms with Gasteiger partial charge in [0.2, 0.25) is 11.2 Å². The number of ether oxygens (including phenoxy) is 1. The first-order valence-corrected chi connectivity index (χ1v) is 10.1. The van der Waals surface area contributed by atoms with E-state index in [4.69, 9.17) is 9.15 Å². The molecule has 7 nitrogen and oxygen atoms in total. The van der Waals surface area contributed by atoms with Crippen molar-refractivity contribution in [2.24, 2.45) is 0 Å². The van der Waals surface area contributed by atoms with Crippen LogP contribution in [0, 0.1) is 24.0 Å². The van der Waals surface area contributed by atoms with Gasteiger partial charge >= 0.3 is 5.97 Å².